The number of hydrogen-bond donors (Lipinski definition) is 1. The van der Waals surface area contributed by atoms with Crippen molar-refractivity contribution in [1.29, 1.82) is 0 Å². The van der Waals surface area contributed by atoms with Gasteiger partial charge in [-0.2, -0.15) is 0 Å². The van der Waals surface area contributed by atoms with E-state index in [0.717, 1.165) is 18.7 Å². The first-order valence-corrected chi connectivity index (χ1v) is 8.79. The maximum atomic E-state index is 12.3. The summed E-state index contributed by atoms with van der Waals surface area (Å²) < 4.78 is 5.50. The first-order chi connectivity index (χ1) is 11.9. The van der Waals surface area contributed by atoms with Crippen LogP contribution in [0, 0.1) is 0 Å². The summed E-state index contributed by atoms with van der Waals surface area (Å²) in [6, 6.07) is 16.7. The molecule has 0 aromatic heterocycles. The molecule has 2 aromatic rings. The Balaban J connectivity index is 1.62. The number of rotatable bonds is 4. The van der Waals surface area contributed by atoms with Gasteiger partial charge in [0.05, 0.1) is 6.54 Å². The van der Waals surface area contributed by atoms with Crippen LogP contribution in [0.15, 0.2) is 48.5 Å². The van der Waals surface area contributed by atoms with E-state index in [4.69, 9.17) is 4.74 Å². The fourth-order valence-electron chi connectivity index (χ4n) is 3.03. The predicted octanol–water partition coefficient (Wildman–Crippen LogP) is 4.59. The summed E-state index contributed by atoms with van der Waals surface area (Å²) in [4.78, 5) is 14.1. The van der Waals surface area contributed by atoms with Gasteiger partial charge in [0.15, 0.2) is 0 Å². The number of anilines is 1. The van der Waals surface area contributed by atoms with Gasteiger partial charge >= 0.3 is 6.09 Å². The van der Waals surface area contributed by atoms with Crippen LogP contribution >= 0.6 is 0 Å². The number of amides is 1. The quantitative estimate of drug-likeness (QED) is 0.886. The molecule has 0 atom stereocenters. The molecule has 3 rings (SSSR count). The van der Waals surface area contributed by atoms with Crippen LogP contribution in [0.5, 0.6) is 0 Å². The molecule has 132 valence electrons. The van der Waals surface area contributed by atoms with Crippen molar-refractivity contribution in [1.82, 2.24) is 4.90 Å². The largest absolute Gasteiger partial charge is 0.444 e. The average molecular weight is 338 g/mol. The molecule has 1 aliphatic heterocycles. The fourth-order valence-corrected chi connectivity index (χ4v) is 3.03. The van der Waals surface area contributed by atoms with E-state index in [9.17, 15) is 4.79 Å². The van der Waals surface area contributed by atoms with E-state index >= 15 is 0 Å². The van der Waals surface area contributed by atoms with E-state index in [0.29, 0.717) is 13.1 Å². The highest BCUT2D eigenvalue weighted by Gasteiger charge is 2.28. The van der Waals surface area contributed by atoms with Crippen LogP contribution in [-0.2, 0) is 24.2 Å². The molecule has 0 aliphatic carbocycles. The van der Waals surface area contributed by atoms with Crippen LogP contribution in [0.25, 0.3) is 0 Å². The first-order valence-electron chi connectivity index (χ1n) is 8.79. The highest BCUT2D eigenvalue weighted by molar-refractivity contribution is 5.71. The number of nitrogens with zero attached hydrogens (tertiary/aromatic N) is 1. The Morgan fingerprint density at radius 1 is 1.08 bits per heavy atom. The lowest BCUT2D eigenvalue weighted by Crippen LogP contribution is -2.33. The molecule has 1 amide bonds. The summed E-state index contributed by atoms with van der Waals surface area (Å²) >= 11 is 0. The molecule has 0 fully saturated rings. The van der Waals surface area contributed by atoms with Gasteiger partial charge in [0.2, 0.25) is 0 Å². The molecule has 1 aliphatic rings. The minimum atomic E-state index is -0.470. The second kappa shape index (κ2) is 7.18. The van der Waals surface area contributed by atoms with Gasteiger partial charge in [0, 0.05) is 18.8 Å². The summed E-state index contributed by atoms with van der Waals surface area (Å²) in [5, 5.41) is 3.52. The van der Waals surface area contributed by atoms with E-state index in [-0.39, 0.29) is 6.09 Å². The van der Waals surface area contributed by atoms with Gasteiger partial charge in [-0.05, 0) is 49.9 Å². The smallest absolute Gasteiger partial charge is 0.410 e. The van der Waals surface area contributed by atoms with Crippen LogP contribution in [0.1, 0.15) is 37.5 Å². The van der Waals surface area contributed by atoms with E-state index in [2.05, 4.69) is 41.7 Å². The number of carbonyl (C=O) groups is 1. The number of carbonyl (C=O) groups excluding carboxylic acids is 1. The number of ether oxygens (including phenoxy) is 1. The minimum absolute atomic E-state index is 0.251. The van der Waals surface area contributed by atoms with E-state index < -0.39 is 5.60 Å². The molecule has 1 heterocycles. The highest BCUT2D eigenvalue weighted by Crippen LogP contribution is 2.30. The standard InChI is InChI=1S/C21H26N2O2/c1-21(2,3)25-20(24)23-14-17-10-7-11-19(18(17)15-23)22-13-12-16-8-5-4-6-9-16/h4-11,22H,12-15H2,1-3H3. The van der Waals surface area contributed by atoms with Crippen molar-refractivity contribution in [2.45, 2.75) is 45.9 Å². The number of benzene rings is 2. The maximum absolute atomic E-state index is 12.3. The van der Waals surface area contributed by atoms with E-state index in [1.165, 1.54) is 16.7 Å². The third-order valence-electron chi connectivity index (χ3n) is 4.21. The lowest BCUT2D eigenvalue weighted by Gasteiger charge is -2.24. The summed E-state index contributed by atoms with van der Waals surface area (Å²) in [6.07, 6.45) is 0.722. The SMILES string of the molecule is CC(C)(C)OC(=O)N1Cc2cccc(NCCc3ccccc3)c2C1. The zero-order valence-electron chi connectivity index (χ0n) is 15.2. The molecular weight excluding hydrogens is 312 g/mol. The van der Waals surface area contributed by atoms with Crippen molar-refractivity contribution < 1.29 is 9.53 Å². The maximum Gasteiger partial charge on any atom is 0.410 e. The molecule has 0 saturated heterocycles. The third-order valence-corrected chi connectivity index (χ3v) is 4.21. The van der Waals surface area contributed by atoms with Crippen LogP contribution in [0.2, 0.25) is 0 Å². The summed E-state index contributed by atoms with van der Waals surface area (Å²) in [5.41, 5.74) is 4.34. The van der Waals surface area contributed by atoms with Gasteiger partial charge in [0.1, 0.15) is 5.60 Å². The van der Waals surface area contributed by atoms with Gasteiger partial charge < -0.3 is 10.1 Å². The van der Waals surface area contributed by atoms with Crippen LogP contribution < -0.4 is 5.32 Å². The lowest BCUT2D eigenvalue weighted by atomic mass is 10.1. The van der Waals surface area contributed by atoms with Crippen molar-refractivity contribution in [3.8, 4) is 0 Å². The Hall–Kier alpha value is -2.49. The van der Waals surface area contributed by atoms with Crippen LogP contribution in [-0.4, -0.2) is 23.1 Å². The van der Waals surface area contributed by atoms with Crippen molar-refractivity contribution in [2.24, 2.45) is 0 Å². The Morgan fingerprint density at radius 3 is 2.56 bits per heavy atom. The molecule has 4 nitrogen and oxygen atoms in total. The van der Waals surface area contributed by atoms with Crippen LogP contribution in [0.4, 0.5) is 10.5 Å². The number of fused-ring (bicyclic) bond motifs is 1. The molecule has 0 unspecified atom stereocenters. The molecule has 1 N–H and O–H groups in total. The van der Waals surface area contributed by atoms with Crippen molar-refractivity contribution in [3.05, 3.63) is 65.2 Å². The Kier molecular flexibility index (Phi) is 4.98. The molecule has 0 spiro atoms. The molecule has 4 heteroatoms. The lowest BCUT2D eigenvalue weighted by molar-refractivity contribution is 0.0242. The van der Waals surface area contributed by atoms with Crippen molar-refractivity contribution in [3.63, 3.8) is 0 Å². The molecule has 0 bridgehead atoms. The number of hydrogen-bond acceptors (Lipinski definition) is 3. The molecule has 0 radical (unpaired) electrons. The molecule has 25 heavy (non-hydrogen) atoms. The van der Waals surface area contributed by atoms with Gasteiger partial charge in [0.25, 0.3) is 0 Å². The third kappa shape index (κ3) is 4.53. The van der Waals surface area contributed by atoms with Gasteiger partial charge in [-0.25, -0.2) is 4.79 Å². The first kappa shape index (κ1) is 17.3. The monoisotopic (exact) mass is 338 g/mol. The van der Waals surface area contributed by atoms with Crippen molar-refractivity contribution >= 4 is 11.8 Å². The van der Waals surface area contributed by atoms with Crippen LogP contribution in [0.3, 0.4) is 0 Å². The Morgan fingerprint density at radius 2 is 1.84 bits per heavy atom. The van der Waals surface area contributed by atoms with Crippen molar-refractivity contribution in [2.75, 3.05) is 11.9 Å². The fraction of sp³-hybridized carbons (Fsp3) is 0.381. The second-order valence-electron chi connectivity index (χ2n) is 7.44. The summed E-state index contributed by atoms with van der Waals surface area (Å²) in [6.45, 7) is 7.75. The topological polar surface area (TPSA) is 41.6 Å². The normalized spacial score (nSPS) is 13.5. The van der Waals surface area contributed by atoms with E-state index in [1.807, 2.05) is 32.9 Å². The Bertz CT molecular complexity index is 735. The molecule has 0 saturated carbocycles. The number of nitrogens with one attached hydrogen (secondary N) is 1. The zero-order valence-corrected chi connectivity index (χ0v) is 15.2. The summed E-state index contributed by atoms with van der Waals surface area (Å²) in [7, 11) is 0. The van der Waals surface area contributed by atoms with E-state index in [1.54, 1.807) is 4.90 Å². The van der Waals surface area contributed by atoms with Gasteiger partial charge in [-0.15, -0.1) is 0 Å². The summed E-state index contributed by atoms with van der Waals surface area (Å²) in [5.74, 6) is 0. The predicted molar refractivity (Wildman–Crippen MR) is 101 cm³/mol. The minimum Gasteiger partial charge on any atom is -0.444 e. The van der Waals surface area contributed by atoms with Gasteiger partial charge in [-0.1, -0.05) is 42.5 Å². The molecule has 2 aromatic carbocycles. The highest BCUT2D eigenvalue weighted by atomic mass is 16.6. The zero-order chi connectivity index (χ0) is 17.9. The average Bonchev–Trinajstić information content (AvgIpc) is 3.00. The molecular formula is C21H26N2O2. The second-order valence-corrected chi connectivity index (χ2v) is 7.44. The van der Waals surface area contributed by atoms with Gasteiger partial charge in [-0.3, -0.25) is 4.90 Å². The Labute approximate surface area is 149 Å².